The molecule has 2 rings (SSSR count). The van der Waals surface area contributed by atoms with Gasteiger partial charge in [0.1, 0.15) is 5.69 Å². The maximum Gasteiger partial charge on any atom is 0.294 e. The first-order chi connectivity index (χ1) is 9.52. The molecule has 1 fully saturated rings. The molecular weight excluding hydrogens is 260 g/mol. The number of nitro groups is 1. The summed E-state index contributed by atoms with van der Waals surface area (Å²) in [6.45, 7) is 0.225. The largest absolute Gasteiger partial charge is 0.329 e. The molecule has 0 unspecified atom stereocenters. The van der Waals surface area contributed by atoms with E-state index in [4.69, 9.17) is 11.0 Å². The van der Waals surface area contributed by atoms with Crippen LogP contribution in [0.5, 0.6) is 0 Å². The quantitative estimate of drug-likeness (QED) is 0.636. The van der Waals surface area contributed by atoms with Gasteiger partial charge in [-0.05, 0) is 25.0 Å². The fourth-order valence-electron chi connectivity index (χ4n) is 2.24. The Bertz CT molecular complexity index is 597. The van der Waals surface area contributed by atoms with Gasteiger partial charge in [-0.25, -0.2) is 0 Å². The van der Waals surface area contributed by atoms with Crippen LogP contribution >= 0.6 is 0 Å². The number of nitrogens with one attached hydrogen (secondary N) is 1. The van der Waals surface area contributed by atoms with E-state index in [9.17, 15) is 14.9 Å². The molecule has 1 amide bonds. The van der Waals surface area contributed by atoms with Gasteiger partial charge in [-0.15, -0.1) is 0 Å². The van der Waals surface area contributed by atoms with Crippen molar-refractivity contribution in [3.63, 3.8) is 0 Å². The number of carbonyl (C=O) groups is 1. The van der Waals surface area contributed by atoms with Gasteiger partial charge in [0, 0.05) is 12.6 Å². The zero-order valence-electron chi connectivity index (χ0n) is 10.8. The van der Waals surface area contributed by atoms with Crippen molar-refractivity contribution in [2.45, 2.75) is 19.3 Å². The number of hydrogen-bond donors (Lipinski definition) is 2. The second kappa shape index (κ2) is 5.27. The Balaban J connectivity index is 2.27. The maximum absolute atomic E-state index is 12.2. The van der Waals surface area contributed by atoms with Crippen LogP contribution in [-0.4, -0.2) is 17.4 Å². The molecule has 20 heavy (non-hydrogen) atoms. The van der Waals surface area contributed by atoms with E-state index < -0.39 is 10.3 Å². The van der Waals surface area contributed by atoms with Crippen molar-refractivity contribution >= 4 is 17.3 Å². The normalized spacial score (nSPS) is 15.8. The molecule has 1 aliphatic rings. The van der Waals surface area contributed by atoms with Crippen molar-refractivity contribution in [3.05, 3.63) is 33.9 Å². The summed E-state index contributed by atoms with van der Waals surface area (Å²) in [5, 5.41) is 22.3. The number of nitrogens with zero attached hydrogens (tertiary/aromatic N) is 2. The van der Waals surface area contributed by atoms with Crippen molar-refractivity contribution in [2.24, 2.45) is 11.1 Å². The minimum atomic E-state index is -0.619. The number of benzene rings is 1. The molecule has 1 saturated carbocycles. The predicted molar refractivity (Wildman–Crippen MR) is 71.8 cm³/mol. The van der Waals surface area contributed by atoms with Crippen LogP contribution in [0, 0.1) is 26.9 Å². The van der Waals surface area contributed by atoms with Gasteiger partial charge in [0.15, 0.2) is 0 Å². The Morgan fingerprint density at radius 2 is 2.25 bits per heavy atom. The summed E-state index contributed by atoms with van der Waals surface area (Å²) in [5.41, 5.74) is 5.00. The molecule has 0 spiro atoms. The minimum Gasteiger partial charge on any atom is -0.329 e. The van der Waals surface area contributed by atoms with Crippen molar-refractivity contribution in [1.82, 2.24) is 0 Å². The van der Waals surface area contributed by atoms with Gasteiger partial charge in [0.05, 0.1) is 22.0 Å². The zero-order chi connectivity index (χ0) is 14.8. The fraction of sp³-hybridized carbons (Fsp3) is 0.385. The number of nitro benzene ring substituents is 1. The van der Waals surface area contributed by atoms with Gasteiger partial charge in [-0.1, -0.05) is 6.42 Å². The third-order valence-corrected chi connectivity index (χ3v) is 3.75. The van der Waals surface area contributed by atoms with Gasteiger partial charge in [0.2, 0.25) is 5.91 Å². The first-order valence-electron chi connectivity index (χ1n) is 6.22. The van der Waals surface area contributed by atoms with Crippen molar-refractivity contribution in [1.29, 1.82) is 5.26 Å². The Labute approximate surface area is 115 Å². The summed E-state index contributed by atoms with van der Waals surface area (Å²) in [7, 11) is 0. The topological polar surface area (TPSA) is 122 Å². The lowest BCUT2D eigenvalue weighted by atomic mass is 9.68. The van der Waals surface area contributed by atoms with Gasteiger partial charge in [-0.2, -0.15) is 5.26 Å². The minimum absolute atomic E-state index is 0.0960. The second-order valence-electron chi connectivity index (χ2n) is 4.89. The molecule has 1 aromatic carbocycles. The number of nitrogens with two attached hydrogens (primary N) is 1. The Hall–Kier alpha value is -2.46. The lowest BCUT2D eigenvalue weighted by Gasteiger charge is -2.38. The molecule has 0 aromatic heterocycles. The van der Waals surface area contributed by atoms with Crippen LogP contribution < -0.4 is 11.1 Å². The highest BCUT2D eigenvalue weighted by Gasteiger charge is 2.43. The van der Waals surface area contributed by atoms with E-state index in [1.54, 1.807) is 0 Å². The number of amides is 1. The second-order valence-corrected chi connectivity index (χ2v) is 4.89. The van der Waals surface area contributed by atoms with Gasteiger partial charge < -0.3 is 11.1 Å². The summed E-state index contributed by atoms with van der Waals surface area (Å²) in [6, 6.07) is 5.78. The Morgan fingerprint density at radius 3 is 2.70 bits per heavy atom. The zero-order valence-corrected chi connectivity index (χ0v) is 10.8. The van der Waals surface area contributed by atoms with Crippen LogP contribution in [0.25, 0.3) is 0 Å². The molecule has 3 N–H and O–H groups in total. The number of carbonyl (C=O) groups excluding carboxylic acids is 1. The average Bonchev–Trinajstić information content (AvgIpc) is 2.38. The molecule has 7 nitrogen and oxygen atoms in total. The van der Waals surface area contributed by atoms with Crippen LogP contribution in [0.2, 0.25) is 0 Å². The van der Waals surface area contributed by atoms with E-state index >= 15 is 0 Å². The highest BCUT2D eigenvalue weighted by atomic mass is 16.6. The monoisotopic (exact) mass is 274 g/mol. The molecule has 0 bridgehead atoms. The highest BCUT2D eigenvalue weighted by molar-refractivity contribution is 5.98. The standard InChI is InChI=1S/C13H14N4O3/c14-7-9-2-3-10(11(6-9)17(19)20)16-12(18)13(8-15)4-1-5-13/h2-3,6H,1,4-5,8,15H2,(H,16,18). The molecule has 0 radical (unpaired) electrons. The molecule has 104 valence electrons. The summed E-state index contributed by atoms with van der Waals surface area (Å²) in [4.78, 5) is 22.6. The van der Waals surface area contributed by atoms with E-state index in [-0.39, 0.29) is 29.4 Å². The van der Waals surface area contributed by atoms with Crippen molar-refractivity contribution in [3.8, 4) is 6.07 Å². The number of rotatable bonds is 4. The van der Waals surface area contributed by atoms with Crippen molar-refractivity contribution in [2.75, 3.05) is 11.9 Å². The van der Waals surface area contributed by atoms with Gasteiger partial charge >= 0.3 is 0 Å². The van der Waals surface area contributed by atoms with E-state index in [0.717, 1.165) is 12.5 Å². The summed E-state index contributed by atoms with van der Waals surface area (Å²) >= 11 is 0. The fourth-order valence-corrected chi connectivity index (χ4v) is 2.24. The summed E-state index contributed by atoms with van der Waals surface area (Å²) in [5.74, 6) is -0.293. The Kier molecular flexibility index (Phi) is 3.68. The molecule has 0 aliphatic heterocycles. The third kappa shape index (κ3) is 2.33. The van der Waals surface area contributed by atoms with E-state index in [1.165, 1.54) is 12.1 Å². The number of anilines is 1. The van der Waals surface area contributed by atoms with E-state index in [1.807, 2.05) is 6.07 Å². The number of hydrogen-bond acceptors (Lipinski definition) is 5. The first kappa shape index (κ1) is 14.0. The highest BCUT2D eigenvalue weighted by Crippen LogP contribution is 2.41. The van der Waals surface area contributed by atoms with Crippen LogP contribution in [0.3, 0.4) is 0 Å². The van der Waals surface area contributed by atoms with Gasteiger partial charge in [-0.3, -0.25) is 14.9 Å². The lowest BCUT2D eigenvalue weighted by Crippen LogP contribution is -2.47. The smallest absolute Gasteiger partial charge is 0.294 e. The lowest BCUT2D eigenvalue weighted by molar-refractivity contribution is -0.384. The van der Waals surface area contributed by atoms with E-state index in [0.29, 0.717) is 12.8 Å². The predicted octanol–water partition coefficient (Wildman–Crippen LogP) is 1.53. The van der Waals surface area contributed by atoms with Crippen LogP contribution in [0.15, 0.2) is 18.2 Å². The Morgan fingerprint density at radius 1 is 1.55 bits per heavy atom. The SMILES string of the molecule is N#Cc1ccc(NC(=O)C2(CN)CCC2)c([N+](=O)[O-])c1. The van der Waals surface area contributed by atoms with Crippen LogP contribution in [-0.2, 0) is 4.79 Å². The molecule has 0 heterocycles. The van der Waals surface area contributed by atoms with E-state index in [2.05, 4.69) is 5.32 Å². The molecule has 7 heteroatoms. The molecule has 1 aliphatic carbocycles. The van der Waals surface area contributed by atoms with Crippen molar-refractivity contribution < 1.29 is 9.72 Å². The summed E-state index contributed by atoms with van der Waals surface area (Å²) < 4.78 is 0. The maximum atomic E-state index is 12.2. The summed E-state index contributed by atoms with van der Waals surface area (Å²) in [6.07, 6.45) is 2.32. The van der Waals surface area contributed by atoms with Crippen LogP contribution in [0.4, 0.5) is 11.4 Å². The molecular formula is C13H14N4O3. The third-order valence-electron chi connectivity index (χ3n) is 3.75. The van der Waals surface area contributed by atoms with Gasteiger partial charge in [0.25, 0.3) is 5.69 Å². The molecule has 0 saturated heterocycles. The molecule has 0 atom stereocenters. The number of nitriles is 1. The van der Waals surface area contributed by atoms with Crippen LogP contribution in [0.1, 0.15) is 24.8 Å². The average molecular weight is 274 g/mol. The molecule has 1 aromatic rings. The first-order valence-corrected chi connectivity index (χ1v) is 6.22.